The van der Waals surface area contributed by atoms with E-state index in [2.05, 4.69) is 10.3 Å². The highest BCUT2D eigenvalue weighted by molar-refractivity contribution is 6.09. The molecule has 0 saturated carbocycles. The molecule has 4 N–H and O–H groups in total. The predicted octanol–water partition coefficient (Wildman–Crippen LogP) is 0.778. The Balaban J connectivity index is 1.32. The van der Waals surface area contributed by atoms with Crippen molar-refractivity contribution in [2.75, 3.05) is 38.0 Å². The van der Waals surface area contributed by atoms with Gasteiger partial charge in [-0.3, -0.25) is 9.59 Å². The SMILES string of the molecule is Cc1cccc(C)c1NC(=O)C[NH+]1CC[NH+]([C@@H](C)C(=O)c2c[nH]c3ccccc23)CC1. The Morgan fingerprint density at radius 3 is 2.39 bits per heavy atom. The first-order valence-electron chi connectivity index (χ1n) is 11.1. The van der Waals surface area contributed by atoms with Crippen LogP contribution in [-0.4, -0.2) is 55.4 Å². The third-order valence-electron chi connectivity index (χ3n) is 6.62. The second-order valence-electron chi connectivity index (χ2n) is 8.73. The largest absolute Gasteiger partial charge is 0.360 e. The lowest BCUT2D eigenvalue weighted by molar-refractivity contribution is -1.01. The lowest BCUT2D eigenvalue weighted by Crippen LogP contribution is -3.30. The minimum Gasteiger partial charge on any atom is -0.360 e. The normalized spacial score (nSPS) is 19.8. The summed E-state index contributed by atoms with van der Waals surface area (Å²) in [6, 6.07) is 13.9. The van der Waals surface area contributed by atoms with Gasteiger partial charge in [-0.15, -0.1) is 0 Å². The molecule has 1 atom stereocenters. The molecule has 0 spiro atoms. The van der Waals surface area contributed by atoms with Crippen molar-refractivity contribution in [2.45, 2.75) is 26.8 Å². The van der Waals surface area contributed by atoms with Gasteiger partial charge in [-0.05, 0) is 38.0 Å². The van der Waals surface area contributed by atoms with Gasteiger partial charge < -0.3 is 20.1 Å². The molecule has 6 heteroatoms. The highest BCUT2D eigenvalue weighted by Crippen LogP contribution is 2.19. The predicted molar refractivity (Wildman–Crippen MR) is 123 cm³/mol. The lowest BCUT2D eigenvalue weighted by atomic mass is 10.0. The summed E-state index contributed by atoms with van der Waals surface area (Å²) in [5.41, 5.74) is 4.87. The average Bonchev–Trinajstić information content (AvgIpc) is 3.20. The van der Waals surface area contributed by atoms with Gasteiger partial charge in [-0.25, -0.2) is 0 Å². The van der Waals surface area contributed by atoms with E-state index in [-0.39, 0.29) is 17.7 Å². The Kier molecular flexibility index (Phi) is 6.20. The molecule has 1 aliphatic heterocycles. The molecule has 4 rings (SSSR count). The number of aromatic amines is 1. The number of hydrogen-bond acceptors (Lipinski definition) is 2. The van der Waals surface area contributed by atoms with Crippen LogP contribution in [0.25, 0.3) is 10.9 Å². The molecule has 1 aliphatic rings. The summed E-state index contributed by atoms with van der Waals surface area (Å²) in [5, 5.41) is 4.08. The molecular formula is C25H32N4O2+2. The van der Waals surface area contributed by atoms with E-state index >= 15 is 0 Å². The van der Waals surface area contributed by atoms with Crippen LogP contribution in [0.15, 0.2) is 48.7 Å². The van der Waals surface area contributed by atoms with Crippen molar-refractivity contribution in [2.24, 2.45) is 0 Å². The summed E-state index contributed by atoms with van der Waals surface area (Å²) >= 11 is 0. The van der Waals surface area contributed by atoms with Crippen LogP contribution in [0.5, 0.6) is 0 Å². The first-order chi connectivity index (χ1) is 14.9. The van der Waals surface area contributed by atoms with Crippen LogP contribution in [0.1, 0.15) is 28.4 Å². The zero-order chi connectivity index (χ0) is 22.0. The Labute approximate surface area is 183 Å². The van der Waals surface area contributed by atoms with Gasteiger partial charge in [0.25, 0.3) is 5.91 Å². The Bertz CT molecular complexity index is 1080. The van der Waals surface area contributed by atoms with E-state index in [1.54, 1.807) is 0 Å². The van der Waals surface area contributed by atoms with E-state index in [0.29, 0.717) is 6.54 Å². The van der Waals surface area contributed by atoms with Gasteiger partial charge in [0.05, 0.1) is 0 Å². The summed E-state index contributed by atoms with van der Waals surface area (Å²) in [4.78, 5) is 31.5. The molecule has 0 unspecified atom stereocenters. The molecule has 6 nitrogen and oxygen atoms in total. The van der Waals surface area contributed by atoms with Crippen molar-refractivity contribution in [3.05, 3.63) is 65.4 Å². The molecule has 2 aromatic carbocycles. The Morgan fingerprint density at radius 2 is 1.68 bits per heavy atom. The quantitative estimate of drug-likeness (QED) is 0.445. The molecule has 0 aliphatic carbocycles. The molecule has 0 radical (unpaired) electrons. The summed E-state index contributed by atoms with van der Waals surface area (Å²) < 4.78 is 0. The molecule has 162 valence electrons. The summed E-state index contributed by atoms with van der Waals surface area (Å²) in [7, 11) is 0. The topological polar surface area (TPSA) is 70.8 Å². The maximum absolute atomic E-state index is 13.1. The third kappa shape index (κ3) is 4.55. The van der Waals surface area contributed by atoms with Crippen LogP contribution in [0.2, 0.25) is 0 Å². The van der Waals surface area contributed by atoms with Crippen molar-refractivity contribution in [3.8, 4) is 0 Å². The molecule has 3 aromatic rings. The summed E-state index contributed by atoms with van der Waals surface area (Å²) in [5.74, 6) is 0.238. The lowest BCUT2D eigenvalue weighted by Gasteiger charge is -2.32. The Morgan fingerprint density at radius 1 is 1.00 bits per heavy atom. The molecule has 1 saturated heterocycles. The second-order valence-corrected chi connectivity index (χ2v) is 8.73. The summed E-state index contributed by atoms with van der Waals surface area (Å²) in [6.45, 7) is 10.1. The maximum Gasteiger partial charge on any atom is 0.279 e. The second kappa shape index (κ2) is 9.04. The number of carbonyl (C=O) groups is 2. The number of fused-ring (bicyclic) bond motifs is 1. The van der Waals surface area contributed by atoms with E-state index in [1.807, 2.05) is 69.4 Å². The van der Waals surface area contributed by atoms with E-state index < -0.39 is 0 Å². The number of nitrogens with one attached hydrogen (secondary N) is 4. The fraction of sp³-hybridized carbons (Fsp3) is 0.360. The molecule has 1 fully saturated rings. The fourth-order valence-corrected chi connectivity index (χ4v) is 4.65. The highest BCUT2D eigenvalue weighted by Gasteiger charge is 2.33. The van der Waals surface area contributed by atoms with Crippen molar-refractivity contribution in [1.82, 2.24) is 4.98 Å². The standard InChI is InChI=1S/C25H30N4O2/c1-17-7-6-8-18(2)24(17)27-23(30)16-28-11-13-29(14-12-28)19(3)25(31)21-15-26-22-10-5-4-9-20(21)22/h4-10,15,19,26H,11-14,16H2,1-3H3,(H,27,30)/p+2/t19-/m0/s1. The molecule has 2 heterocycles. The van der Waals surface area contributed by atoms with Crippen LogP contribution < -0.4 is 15.1 Å². The van der Waals surface area contributed by atoms with Crippen LogP contribution >= 0.6 is 0 Å². The average molecular weight is 421 g/mol. The minimum atomic E-state index is -0.0933. The van der Waals surface area contributed by atoms with Crippen LogP contribution in [0, 0.1) is 13.8 Å². The molecule has 31 heavy (non-hydrogen) atoms. The zero-order valence-electron chi connectivity index (χ0n) is 18.5. The number of H-pyrrole nitrogens is 1. The molecular weight excluding hydrogens is 388 g/mol. The first kappa shape index (κ1) is 21.3. The number of benzene rings is 2. The minimum absolute atomic E-state index is 0.0544. The van der Waals surface area contributed by atoms with Crippen molar-refractivity contribution >= 4 is 28.3 Å². The zero-order valence-corrected chi connectivity index (χ0v) is 18.5. The van der Waals surface area contributed by atoms with Gasteiger partial charge in [-0.1, -0.05) is 36.4 Å². The van der Waals surface area contributed by atoms with Gasteiger partial charge in [0.2, 0.25) is 5.78 Å². The van der Waals surface area contributed by atoms with Gasteiger partial charge in [0.15, 0.2) is 6.54 Å². The van der Waals surface area contributed by atoms with Crippen LogP contribution in [0.4, 0.5) is 5.69 Å². The fourth-order valence-electron chi connectivity index (χ4n) is 4.65. The van der Waals surface area contributed by atoms with Gasteiger partial charge in [0.1, 0.15) is 32.2 Å². The number of rotatable bonds is 6. The number of Topliss-reactive ketones (excluding diaryl/α,β-unsaturated/α-hetero) is 1. The van der Waals surface area contributed by atoms with E-state index in [4.69, 9.17) is 0 Å². The van der Waals surface area contributed by atoms with E-state index in [1.165, 1.54) is 9.80 Å². The van der Waals surface area contributed by atoms with E-state index in [9.17, 15) is 9.59 Å². The number of piperazine rings is 1. The molecule has 1 amide bonds. The van der Waals surface area contributed by atoms with E-state index in [0.717, 1.165) is 59.5 Å². The van der Waals surface area contributed by atoms with Crippen LogP contribution in [-0.2, 0) is 4.79 Å². The summed E-state index contributed by atoms with van der Waals surface area (Å²) in [6.07, 6.45) is 1.84. The van der Waals surface area contributed by atoms with Crippen LogP contribution in [0.3, 0.4) is 0 Å². The van der Waals surface area contributed by atoms with Gasteiger partial charge >= 0.3 is 0 Å². The Hall–Kier alpha value is -2.96. The van der Waals surface area contributed by atoms with Gasteiger partial charge in [-0.2, -0.15) is 0 Å². The monoisotopic (exact) mass is 420 g/mol. The number of aromatic nitrogens is 1. The number of para-hydroxylation sites is 2. The number of carbonyl (C=O) groups excluding carboxylic acids is 2. The van der Waals surface area contributed by atoms with Crippen molar-refractivity contribution < 1.29 is 19.4 Å². The highest BCUT2D eigenvalue weighted by atomic mass is 16.2. The number of anilines is 1. The molecule has 1 aromatic heterocycles. The third-order valence-corrected chi connectivity index (χ3v) is 6.62. The smallest absolute Gasteiger partial charge is 0.279 e. The van der Waals surface area contributed by atoms with Gasteiger partial charge in [0, 0.05) is 28.4 Å². The number of quaternary nitrogens is 2. The maximum atomic E-state index is 13.1. The number of hydrogen-bond donors (Lipinski definition) is 4. The first-order valence-corrected chi connectivity index (χ1v) is 11.1. The number of amides is 1. The number of aryl methyl sites for hydroxylation is 2. The van der Waals surface area contributed by atoms with Crippen molar-refractivity contribution in [3.63, 3.8) is 0 Å². The molecule has 0 bridgehead atoms. The number of ketones is 1. The van der Waals surface area contributed by atoms with Crippen molar-refractivity contribution in [1.29, 1.82) is 0 Å².